The van der Waals surface area contributed by atoms with E-state index in [9.17, 15) is 5.11 Å². The molecule has 3 nitrogen and oxygen atoms in total. The van der Waals surface area contributed by atoms with Gasteiger partial charge in [0.05, 0.1) is 17.0 Å². The Bertz CT molecular complexity index is 351. The molecule has 1 aromatic rings. The summed E-state index contributed by atoms with van der Waals surface area (Å²) < 4.78 is 0.967. The van der Waals surface area contributed by atoms with Crippen molar-refractivity contribution in [3.63, 3.8) is 0 Å². The van der Waals surface area contributed by atoms with Gasteiger partial charge in [0.25, 0.3) is 0 Å². The topological polar surface area (TPSA) is 58.3 Å². The molecule has 1 aromatic carbocycles. The number of rotatable bonds is 2. The van der Waals surface area contributed by atoms with E-state index >= 15 is 0 Å². The van der Waals surface area contributed by atoms with Crippen molar-refractivity contribution in [1.82, 2.24) is 0 Å². The van der Waals surface area contributed by atoms with Crippen molar-refractivity contribution in [2.45, 2.75) is 31.4 Å². The molecule has 1 fully saturated rings. The van der Waals surface area contributed by atoms with Gasteiger partial charge in [0.15, 0.2) is 0 Å². The summed E-state index contributed by atoms with van der Waals surface area (Å²) in [4.78, 5) is 0. The first-order valence-corrected chi connectivity index (χ1v) is 5.80. The number of benzene rings is 1. The fourth-order valence-corrected chi connectivity index (χ4v) is 2.50. The Morgan fingerprint density at radius 1 is 1.53 bits per heavy atom. The van der Waals surface area contributed by atoms with E-state index in [2.05, 4.69) is 21.2 Å². The van der Waals surface area contributed by atoms with Crippen molar-refractivity contribution >= 4 is 27.3 Å². The third-order valence-corrected chi connectivity index (χ3v) is 3.43. The highest BCUT2D eigenvalue weighted by Gasteiger charge is 2.38. The molecule has 0 amide bonds. The Morgan fingerprint density at radius 3 is 2.73 bits per heavy atom. The SMILES string of the molecule is C[C@]1(O)C[C@@H](Nc2c(N)cccc2Br)C1. The first kappa shape index (κ1) is 10.8. The lowest BCUT2D eigenvalue weighted by atomic mass is 9.77. The van der Waals surface area contributed by atoms with Crippen LogP contribution in [0.4, 0.5) is 11.4 Å². The Kier molecular flexibility index (Phi) is 2.64. The van der Waals surface area contributed by atoms with E-state index < -0.39 is 5.60 Å². The predicted octanol–water partition coefficient (Wildman–Crippen LogP) is 2.36. The number of nitrogens with one attached hydrogen (secondary N) is 1. The Balaban J connectivity index is 2.06. The zero-order chi connectivity index (χ0) is 11.1. The molecule has 0 bridgehead atoms. The molecule has 0 radical (unpaired) electrons. The first-order chi connectivity index (χ1) is 6.98. The number of nitrogens with two attached hydrogens (primary N) is 1. The maximum atomic E-state index is 9.62. The molecular formula is C11H15BrN2O. The van der Waals surface area contributed by atoms with Crippen molar-refractivity contribution in [2.75, 3.05) is 11.1 Å². The van der Waals surface area contributed by atoms with Gasteiger partial charge in [0.2, 0.25) is 0 Å². The molecular weight excluding hydrogens is 256 g/mol. The summed E-state index contributed by atoms with van der Waals surface area (Å²) in [5.74, 6) is 0. The van der Waals surface area contributed by atoms with E-state index in [1.54, 1.807) is 0 Å². The molecule has 4 heteroatoms. The lowest BCUT2D eigenvalue weighted by Crippen LogP contribution is -2.48. The van der Waals surface area contributed by atoms with Gasteiger partial charge in [-0.2, -0.15) is 0 Å². The fraction of sp³-hybridized carbons (Fsp3) is 0.455. The molecule has 0 spiro atoms. The van der Waals surface area contributed by atoms with Gasteiger partial charge in [-0.1, -0.05) is 6.07 Å². The van der Waals surface area contributed by atoms with Gasteiger partial charge in [-0.3, -0.25) is 0 Å². The second kappa shape index (κ2) is 3.68. The molecule has 1 aliphatic rings. The lowest BCUT2D eigenvalue weighted by Gasteiger charge is -2.42. The maximum absolute atomic E-state index is 9.62. The zero-order valence-electron chi connectivity index (χ0n) is 8.63. The first-order valence-electron chi connectivity index (χ1n) is 5.01. The summed E-state index contributed by atoms with van der Waals surface area (Å²) >= 11 is 3.45. The Morgan fingerprint density at radius 2 is 2.20 bits per heavy atom. The largest absolute Gasteiger partial charge is 0.397 e. The van der Waals surface area contributed by atoms with E-state index in [4.69, 9.17) is 5.73 Å². The summed E-state index contributed by atoms with van der Waals surface area (Å²) in [6.07, 6.45) is 1.54. The van der Waals surface area contributed by atoms with Crippen LogP contribution in [0.3, 0.4) is 0 Å². The van der Waals surface area contributed by atoms with Crippen LogP contribution < -0.4 is 11.1 Å². The van der Waals surface area contributed by atoms with Crippen molar-refractivity contribution in [2.24, 2.45) is 0 Å². The van der Waals surface area contributed by atoms with Crippen LogP contribution >= 0.6 is 15.9 Å². The predicted molar refractivity (Wildman–Crippen MR) is 65.8 cm³/mol. The molecule has 0 aromatic heterocycles. The Labute approximate surface area is 97.8 Å². The van der Waals surface area contributed by atoms with E-state index in [1.807, 2.05) is 25.1 Å². The number of hydrogen-bond donors (Lipinski definition) is 3. The zero-order valence-corrected chi connectivity index (χ0v) is 10.2. The minimum Gasteiger partial charge on any atom is -0.397 e. The summed E-state index contributed by atoms with van der Waals surface area (Å²) in [6.45, 7) is 1.86. The molecule has 1 aliphatic carbocycles. The fourth-order valence-electron chi connectivity index (χ4n) is 2.00. The molecule has 0 unspecified atom stereocenters. The molecule has 0 atom stereocenters. The van der Waals surface area contributed by atoms with E-state index in [-0.39, 0.29) is 0 Å². The number of anilines is 2. The number of para-hydroxylation sites is 1. The molecule has 0 saturated heterocycles. The van der Waals surface area contributed by atoms with Crippen molar-refractivity contribution in [3.8, 4) is 0 Å². The van der Waals surface area contributed by atoms with Crippen LogP contribution in [0, 0.1) is 0 Å². The van der Waals surface area contributed by atoms with Crippen LogP contribution in [0.1, 0.15) is 19.8 Å². The molecule has 2 rings (SSSR count). The normalized spacial score (nSPS) is 29.7. The van der Waals surface area contributed by atoms with Gasteiger partial charge in [-0.25, -0.2) is 0 Å². The highest BCUT2D eigenvalue weighted by molar-refractivity contribution is 9.10. The third kappa shape index (κ3) is 2.26. The van der Waals surface area contributed by atoms with E-state index in [1.165, 1.54) is 0 Å². The van der Waals surface area contributed by atoms with Gasteiger partial charge in [-0.05, 0) is 47.8 Å². The van der Waals surface area contributed by atoms with Gasteiger partial charge in [0.1, 0.15) is 0 Å². The second-order valence-corrected chi connectivity index (χ2v) is 5.30. The van der Waals surface area contributed by atoms with Crippen LogP contribution in [0.2, 0.25) is 0 Å². The van der Waals surface area contributed by atoms with Gasteiger partial charge in [-0.15, -0.1) is 0 Å². The molecule has 82 valence electrons. The minimum absolute atomic E-state index is 0.320. The van der Waals surface area contributed by atoms with Crippen molar-refractivity contribution in [1.29, 1.82) is 0 Å². The van der Waals surface area contributed by atoms with E-state index in [0.29, 0.717) is 6.04 Å². The van der Waals surface area contributed by atoms with Crippen LogP contribution in [0.15, 0.2) is 22.7 Å². The van der Waals surface area contributed by atoms with Crippen molar-refractivity contribution < 1.29 is 5.11 Å². The molecule has 1 saturated carbocycles. The minimum atomic E-state index is -0.506. The monoisotopic (exact) mass is 270 g/mol. The number of hydrogen-bond acceptors (Lipinski definition) is 3. The second-order valence-electron chi connectivity index (χ2n) is 4.45. The van der Waals surface area contributed by atoms with Gasteiger partial charge in [0, 0.05) is 10.5 Å². The van der Waals surface area contributed by atoms with Gasteiger partial charge >= 0.3 is 0 Å². The lowest BCUT2D eigenvalue weighted by molar-refractivity contribution is -0.0234. The highest BCUT2D eigenvalue weighted by atomic mass is 79.9. The molecule has 0 heterocycles. The maximum Gasteiger partial charge on any atom is 0.0720 e. The summed E-state index contributed by atoms with van der Waals surface area (Å²) in [6, 6.07) is 6.04. The smallest absolute Gasteiger partial charge is 0.0720 e. The van der Waals surface area contributed by atoms with Crippen LogP contribution in [0.5, 0.6) is 0 Å². The standard InChI is InChI=1S/C11H15BrN2O/c1-11(15)5-7(6-11)14-10-8(12)3-2-4-9(10)13/h2-4,7,14-15H,5-6,13H2,1H3/t7-,11+. The molecule has 0 aliphatic heterocycles. The number of nitrogen functional groups attached to an aromatic ring is 1. The highest BCUT2D eigenvalue weighted by Crippen LogP contribution is 2.37. The average Bonchev–Trinajstić information content (AvgIpc) is 2.08. The molecule has 4 N–H and O–H groups in total. The average molecular weight is 271 g/mol. The van der Waals surface area contributed by atoms with Gasteiger partial charge < -0.3 is 16.2 Å². The summed E-state index contributed by atoms with van der Waals surface area (Å²) in [5.41, 5.74) is 7.02. The third-order valence-electron chi connectivity index (χ3n) is 2.77. The quantitative estimate of drug-likeness (QED) is 0.724. The number of aliphatic hydroxyl groups is 1. The summed E-state index contributed by atoms with van der Waals surface area (Å²) in [5, 5.41) is 13.0. The number of halogens is 1. The van der Waals surface area contributed by atoms with Crippen molar-refractivity contribution in [3.05, 3.63) is 22.7 Å². The summed E-state index contributed by atoms with van der Waals surface area (Å²) in [7, 11) is 0. The molecule has 15 heavy (non-hydrogen) atoms. The van der Waals surface area contributed by atoms with Crippen LogP contribution in [0.25, 0.3) is 0 Å². The van der Waals surface area contributed by atoms with Crippen LogP contribution in [-0.4, -0.2) is 16.7 Å². The van der Waals surface area contributed by atoms with E-state index in [0.717, 1.165) is 28.7 Å². The Hall–Kier alpha value is -0.740. The van der Waals surface area contributed by atoms with Crippen LogP contribution in [-0.2, 0) is 0 Å².